The summed E-state index contributed by atoms with van der Waals surface area (Å²) in [6.45, 7) is 0. The van der Waals surface area contributed by atoms with Crippen molar-refractivity contribution in [3.05, 3.63) is 110 Å². The number of benzene rings is 3. The third kappa shape index (κ3) is 6.81. The van der Waals surface area contributed by atoms with Crippen LogP contribution in [0.1, 0.15) is 21.5 Å². The van der Waals surface area contributed by atoms with Crippen LogP contribution in [0, 0.1) is 20.2 Å². The Morgan fingerprint density at radius 3 is 2.17 bits per heavy atom. The van der Waals surface area contributed by atoms with Crippen LogP contribution >= 0.6 is 0 Å². The van der Waals surface area contributed by atoms with Crippen molar-refractivity contribution in [2.75, 3.05) is 7.11 Å². The molecule has 36 heavy (non-hydrogen) atoms. The molecule has 0 saturated heterocycles. The third-order valence-corrected chi connectivity index (χ3v) is 4.65. The molecule has 0 bridgehead atoms. The highest BCUT2D eigenvalue weighted by Gasteiger charge is 2.13. The van der Waals surface area contributed by atoms with Crippen LogP contribution in [-0.2, 0) is 4.79 Å². The number of esters is 1. The van der Waals surface area contributed by atoms with Crippen LogP contribution in [-0.4, -0.2) is 35.0 Å². The lowest BCUT2D eigenvalue weighted by Crippen LogP contribution is -2.17. The largest absolute Gasteiger partial charge is 0.497 e. The molecule has 0 heterocycles. The van der Waals surface area contributed by atoms with Crippen LogP contribution < -0.4 is 14.9 Å². The molecule has 3 rings (SSSR count). The van der Waals surface area contributed by atoms with E-state index in [-0.39, 0.29) is 28.3 Å². The fourth-order valence-corrected chi connectivity index (χ4v) is 2.82. The molecule has 1 N–H and O–H groups in total. The molecule has 0 unspecified atom stereocenters. The Hall–Kier alpha value is -5.39. The predicted molar refractivity (Wildman–Crippen MR) is 129 cm³/mol. The minimum atomic E-state index is -0.746. The van der Waals surface area contributed by atoms with Gasteiger partial charge in [0.05, 0.1) is 23.2 Å². The summed E-state index contributed by atoms with van der Waals surface area (Å²) in [6.07, 6.45) is 3.78. The number of carbonyl (C=O) groups excluding carboxylic acids is 2. The first-order valence-corrected chi connectivity index (χ1v) is 10.2. The van der Waals surface area contributed by atoms with Crippen LogP contribution in [0.2, 0.25) is 0 Å². The van der Waals surface area contributed by atoms with E-state index in [1.54, 1.807) is 24.3 Å². The van der Waals surface area contributed by atoms with Crippen LogP contribution in [0.25, 0.3) is 6.08 Å². The van der Waals surface area contributed by atoms with Crippen LogP contribution in [0.4, 0.5) is 11.4 Å². The molecule has 12 heteroatoms. The minimum absolute atomic E-state index is 0.0293. The lowest BCUT2D eigenvalue weighted by atomic mass is 10.2. The monoisotopic (exact) mass is 490 g/mol. The number of carbonyl (C=O) groups is 2. The van der Waals surface area contributed by atoms with E-state index in [9.17, 15) is 29.8 Å². The van der Waals surface area contributed by atoms with E-state index in [2.05, 4.69) is 10.5 Å². The standard InChI is InChI=1S/C24H18N4O8/c1-35-21-10-2-16(3-11-21)4-13-23(29)36-22-12-9-20(28(33)34)14-18(22)15-25-26-24(30)17-5-7-19(8-6-17)27(31)32/h2-15H,1H3,(H,26,30)/b13-4+,25-15+. The van der Waals surface area contributed by atoms with Crippen molar-refractivity contribution in [2.45, 2.75) is 0 Å². The molecule has 1 amide bonds. The number of non-ortho nitro benzene ring substituents is 2. The second-order valence-electron chi connectivity index (χ2n) is 7.01. The lowest BCUT2D eigenvalue weighted by Gasteiger charge is -2.06. The van der Waals surface area contributed by atoms with Gasteiger partial charge in [0, 0.05) is 41.5 Å². The third-order valence-electron chi connectivity index (χ3n) is 4.65. The first-order chi connectivity index (χ1) is 17.3. The van der Waals surface area contributed by atoms with Crippen molar-refractivity contribution in [3.8, 4) is 11.5 Å². The molecule has 0 aromatic heterocycles. The Morgan fingerprint density at radius 1 is 0.917 bits per heavy atom. The molecule has 0 atom stereocenters. The quantitative estimate of drug-likeness (QED) is 0.118. The van der Waals surface area contributed by atoms with Crippen LogP contribution in [0.3, 0.4) is 0 Å². The maximum absolute atomic E-state index is 12.3. The molecule has 0 fully saturated rings. The molecule has 0 aliphatic carbocycles. The molecular weight excluding hydrogens is 472 g/mol. The summed E-state index contributed by atoms with van der Waals surface area (Å²) in [5, 5.41) is 25.6. The van der Waals surface area contributed by atoms with E-state index in [1.165, 1.54) is 37.5 Å². The first-order valence-electron chi connectivity index (χ1n) is 10.2. The maximum atomic E-state index is 12.3. The topological polar surface area (TPSA) is 163 Å². The number of nitro benzene ring substituents is 2. The summed E-state index contributed by atoms with van der Waals surface area (Å²) in [5.41, 5.74) is 2.61. The van der Waals surface area contributed by atoms with E-state index in [1.807, 2.05) is 0 Å². The van der Waals surface area contributed by atoms with E-state index < -0.39 is 21.7 Å². The maximum Gasteiger partial charge on any atom is 0.336 e. The van der Waals surface area contributed by atoms with Crippen molar-refractivity contribution in [1.29, 1.82) is 0 Å². The average Bonchev–Trinajstić information content (AvgIpc) is 2.88. The molecule has 0 radical (unpaired) electrons. The number of amides is 1. The van der Waals surface area contributed by atoms with Crippen LogP contribution in [0.15, 0.2) is 77.9 Å². The Kier molecular flexibility index (Phi) is 8.17. The number of hydrogen-bond acceptors (Lipinski definition) is 9. The molecule has 0 spiro atoms. The van der Waals surface area contributed by atoms with Gasteiger partial charge in [-0.05, 0) is 42.0 Å². The molecule has 3 aromatic carbocycles. The van der Waals surface area contributed by atoms with Crippen molar-refractivity contribution in [1.82, 2.24) is 5.43 Å². The summed E-state index contributed by atoms with van der Waals surface area (Å²) in [4.78, 5) is 45.1. The highest BCUT2D eigenvalue weighted by Crippen LogP contribution is 2.23. The summed E-state index contributed by atoms with van der Waals surface area (Å²) in [5.74, 6) is -0.791. The van der Waals surface area contributed by atoms with Gasteiger partial charge in [0.25, 0.3) is 17.3 Å². The molecule has 0 saturated carbocycles. The van der Waals surface area contributed by atoms with Gasteiger partial charge >= 0.3 is 5.97 Å². The average molecular weight is 490 g/mol. The minimum Gasteiger partial charge on any atom is -0.497 e. The summed E-state index contributed by atoms with van der Waals surface area (Å²) >= 11 is 0. The first kappa shape index (κ1) is 25.2. The Balaban J connectivity index is 1.73. The summed E-state index contributed by atoms with van der Waals surface area (Å²) in [7, 11) is 1.54. The van der Waals surface area contributed by atoms with Crippen molar-refractivity contribution in [2.24, 2.45) is 5.10 Å². The molecular formula is C24H18N4O8. The van der Waals surface area contributed by atoms with Gasteiger partial charge in [-0.25, -0.2) is 10.2 Å². The van der Waals surface area contributed by atoms with Gasteiger partial charge in [0.15, 0.2) is 0 Å². The van der Waals surface area contributed by atoms with Crippen molar-refractivity contribution in [3.63, 3.8) is 0 Å². The van der Waals surface area contributed by atoms with Crippen molar-refractivity contribution >= 4 is 35.5 Å². The molecule has 3 aromatic rings. The van der Waals surface area contributed by atoms with E-state index in [0.717, 1.165) is 30.5 Å². The number of hydrazone groups is 1. The smallest absolute Gasteiger partial charge is 0.336 e. The van der Waals surface area contributed by atoms with Crippen LogP contribution in [0.5, 0.6) is 11.5 Å². The molecule has 0 aliphatic rings. The Bertz CT molecular complexity index is 1350. The van der Waals surface area contributed by atoms with Crippen molar-refractivity contribution < 1.29 is 28.9 Å². The second kappa shape index (κ2) is 11.7. The van der Waals surface area contributed by atoms with Gasteiger partial charge in [-0.3, -0.25) is 25.0 Å². The molecule has 0 aliphatic heterocycles. The van der Waals surface area contributed by atoms with E-state index in [4.69, 9.17) is 9.47 Å². The SMILES string of the molecule is COc1ccc(/C=C/C(=O)Oc2ccc([N+](=O)[O-])cc2/C=N/NC(=O)c2ccc([N+](=O)[O-])cc2)cc1. The Morgan fingerprint density at radius 2 is 1.56 bits per heavy atom. The highest BCUT2D eigenvalue weighted by molar-refractivity contribution is 5.96. The zero-order chi connectivity index (χ0) is 26.1. The van der Waals surface area contributed by atoms with E-state index >= 15 is 0 Å². The number of methoxy groups -OCH3 is 1. The zero-order valence-electron chi connectivity index (χ0n) is 18.7. The molecule has 12 nitrogen and oxygen atoms in total. The predicted octanol–water partition coefficient (Wildman–Crippen LogP) is 3.89. The number of hydrogen-bond donors (Lipinski definition) is 1. The fourth-order valence-electron chi connectivity index (χ4n) is 2.82. The van der Waals surface area contributed by atoms with Gasteiger partial charge in [0.1, 0.15) is 11.5 Å². The normalized spacial score (nSPS) is 10.8. The number of rotatable bonds is 9. The second-order valence-corrected chi connectivity index (χ2v) is 7.01. The van der Waals surface area contributed by atoms with Gasteiger partial charge in [-0.1, -0.05) is 12.1 Å². The number of nitro groups is 2. The fraction of sp³-hybridized carbons (Fsp3) is 0.0417. The van der Waals surface area contributed by atoms with E-state index in [0.29, 0.717) is 11.3 Å². The van der Waals surface area contributed by atoms with Gasteiger partial charge in [-0.15, -0.1) is 0 Å². The zero-order valence-corrected chi connectivity index (χ0v) is 18.7. The Labute approximate surface area is 203 Å². The number of ether oxygens (including phenoxy) is 2. The van der Waals surface area contributed by atoms with Gasteiger partial charge < -0.3 is 9.47 Å². The lowest BCUT2D eigenvalue weighted by molar-refractivity contribution is -0.385. The van der Waals surface area contributed by atoms with Gasteiger partial charge in [-0.2, -0.15) is 5.10 Å². The number of nitrogens with one attached hydrogen (secondary N) is 1. The highest BCUT2D eigenvalue weighted by atomic mass is 16.6. The summed E-state index contributed by atoms with van der Waals surface area (Å²) in [6, 6.07) is 15.3. The number of nitrogens with zero attached hydrogens (tertiary/aromatic N) is 3. The molecule has 182 valence electrons. The summed E-state index contributed by atoms with van der Waals surface area (Å²) < 4.78 is 10.4. The van der Waals surface area contributed by atoms with Gasteiger partial charge in [0.2, 0.25) is 0 Å².